The van der Waals surface area contributed by atoms with Crippen LogP contribution in [0.4, 0.5) is 0 Å². The zero-order chi connectivity index (χ0) is 20.5. The highest BCUT2D eigenvalue weighted by atomic mass is 16.4. The molecule has 7 heteroatoms. The number of carbonyl (C=O) groups is 3. The van der Waals surface area contributed by atoms with Gasteiger partial charge in [0.1, 0.15) is 6.04 Å². The van der Waals surface area contributed by atoms with Crippen molar-refractivity contribution in [2.45, 2.75) is 18.9 Å². The van der Waals surface area contributed by atoms with Crippen molar-refractivity contribution in [3.05, 3.63) is 71.8 Å². The number of nitrogens with one attached hydrogen (secondary N) is 1. The van der Waals surface area contributed by atoms with Crippen LogP contribution >= 0.6 is 0 Å². The van der Waals surface area contributed by atoms with Crippen LogP contribution in [0.1, 0.15) is 24.0 Å². The molecular formula is C21H24N2O5. The number of rotatable bonds is 4. The Morgan fingerprint density at radius 1 is 0.964 bits per heavy atom. The molecule has 7 nitrogen and oxygen atoms in total. The molecule has 0 spiro atoms. The zero-order valence-corrected chi connectivity index (χ0v) is 15.6. The Hall–Kier alpha value is -3.19. The summed E-state index contributed by atoms with van der Waals surface area (Å²) in [7, 11) is 0. The maximum absolute atomic E-state index is 13.2. The van der Waals surface area contributed by atoms with Crippen molar-refractivity contribution in [1.82, 2.24) is 10.2 Å². The maximum Gasteiger partial charge on any atom is 0.327 e. The van der Waals surface area contributed by atoms with Crippen LogP contribution in [0.2, 0.25) is 0 Å². The highest BCUT2D eigenvalue weighted by molar-refractivity contribution is 5.91. The Morgan fingerprint density at radius 2 is 1.43 bits per heavy atom. The van der Waals surface area contributed by atoms with Gasteiger partial charge in [-0.3, -0.25) is 9.59 Å². The summed E-state index contributed by atoms with van der Waals surface area (Å²) in [6.45, 7) is 2.36. The Bertz CT molecular complexity index is 751. The second-order valence-corrected chi connectivity index (χ2v) is 6.36. The summed E-state index contributed by atoms with van der Waals surface area (Å²) < 4.78 is 0. The summed E-state index contributed by atoms with van der Waals surface area (Å²) in [5, 5.41) is 19.9. The number of carboxylic acid groups (broad SMARTS) is 2. The maximum atomic E-state index is 13.2. The molecule has 0 aromatic heterocycles. The van der Waals surface area contributed by atoms with Gasteiger partial charge in [-0.25, -0.2) is 4.79 Å². The minimum Gasteiger partial charge on any atom is -0.481 e. The lowest BCUT2D eigenvalue weighted by Crippen LogP contribution is -2.58. The SMILES string of the molecule is CC(=O)O.O=C(O)C1CNCCN1C(=O)C(c1ccccc1)c1ccccc1. The molecule has 0 radical (unpaired) electrons. The van der Waals surface area contributed by atoms with Gasteiger partial charge in [-0.05, 0) is 11.1 Å². The van der Waals surface area contributed by atoms with Crippen LogP contribution in [0.25, 0.3) is 0 Å². The van der Waals surface area contributed by atoms with Crippen LogP contribution in [0.15, 0.2) is 60.7 Å². The van der Waals surface area contributed by atoms with E-state index < -0.39 is 23.9 Å². The van der Waals surface area contributed by atoms with Crippen LogP contribution in [0, 0.1) is 0 Å². The second kappa shape index (κ2) is 10.2. The average molecular weight is 384 g/mol. The number of nitrogens with zero attached hydrogens (tertiary/aromatic N) is 1. The number of aliphatic carboxylic acids is 2. The van der Waals surface area contributed by atoms with Gasteiger partial charge >= 0.3 is 5.97 Å². The third kappa shape index (κ3) is 5.65. The first kappa shape index (κ1) is 21.1. The molecule has 1 saturated heterocycles. The highest BCUT2D eigenvalue weighted by Crippen LogP contribution is 2.28. The lowest BCUT2D eigenvalue weighted by atomic mass is 9.89. The summed E-state index contributed by atoms with van der Waals surface area (Å²) in [5.41, 5.74) is 1.74. The first-order valence-electron chi connectivity index (χ1n) is 8.95. The number of carbonyl (C=O) groups excluding carboxylic acids is 1. The average Bonchev–Trinajstić information content (AvgIpc) is 2.69. The molecule has 1 atom stereocenters. The molecule has 1 fully saturated rings. The predicted octanol–water partition coefficient (Wildman–Crippen LogP) is 1.79. The fraction of sp³-hybridized carbons (Fsp3) is 0.286. The molecular weight excluding hydrogens is 360 g/mol. The minimum atomic E-state index is -0.976. The number of carboxylic acids is 2. The summed E-state index contributed by atoms with van der Waals surface area (Å²) >= 11 is 0. The van der Waals surface area contributed by atoms with Crippen molar-refractivity contribution in [2.75, 3.05) is 19.6 Å². The molecule has 0 bridgehead atoms. The molecule has 1 heterocycles. The molecule has 1 aliphatic rings. The van der Waals surface area contributed by atoms with Crippen LogP contribution in [-0.4, -0.2) is 58.6 Å². The molecule has 2 aromatic rings. The molecule has 148 valence electrons. The summed E-state index contributed by atoms with van der Waals surface area (Å²) in [6.07, 6.45) is 0. The van der Waals surface area contributed by atoms with Gasteiger partial charge in [0.25, 0.3) is 5.97 Å². The first-order valence-corrected chi connectivity index (χ1v) is 8.95. The van der Waals surface area contributed by atoms with E-state index >= 15 is 0 Å². The van der Waals surface area contributed by atoms with E-state index in [9.17, 15) is 14.7 Å². The molecule has 1 unspecified atom stereocenters. The van der Waals surface area contributed by atoms with E-state index in [-0.39, 0.29) is 12.5 Å². The lowest BCUT2D eigenvalue weighted by molar-refractivity contribution is -0.151. The van der Waals surface area contributed by atoms with Gasteiger partial charge < -0.3 is 20.4 Å². The molecule has 0 aliphatic carbocycles. The Kier molecular flexibility index (Phi) is 7.71. The molecule has 1 amide bonds. The van der Waals surface area contributed by atoms with Crippen molar-refractivity contribution in [3.63, 3.8) is 0 Å². The zero-order valence-electron chi connectivity index (χ0n) is 15.6. The van der Waals surface area contributed by atoms with E-state index in [1.807, 2.05) is 60.7 Å². The monoisotopic (exact) mass is 384 g/mol. The van der Waals surface area contributed by atoms with E-state index in [0.29, 0.717) is 13.1 Å². The van der Waals surface area contributed by atoms with Crippen molar-refractivity contribution < 1.29 is 24.6 Å². The normalized spacial score (nSPS) is 16.1. The predicted molar refractivity (Wildman–Crippen MR) is 104 cm³/mol. The number of amides is 1. The van der Waals surface area contributed by atoms with Gasteiger partial charge in [0.05, 0.1) is 5.92 Å². The number of hydrogen-bond donors (Lipinski definition) is 3. The van der Waals surface area contributed by atoms with Gasteiger partial charge in [-0.15, -0.1) is 0 Å². The largest absolute Gasteiger partial charge is 0.481 e. The van der Waals surface area contributed by atoms with Gasteiger partial charge in [0.15, 0.2) is 0 Å². The fourth-order valence-electron chi connectivity index (χ4n) is 3.12. The Balaban J connectivity index is 0.000000640. The van der Waals surface area contributed by atoms with Gasteiger partial charge in [0, 0.05) is 26.6 Å². The summed E-state index contributed by atoms with van der Waals surface area (Å²) in [4.78, 5) is 35.3. The van der Waals surface area contributed by atoms with Crippen molar-refractivity contribution >= 4 is 17.8 Å². The topological polar surface area (TPSA) is 107 Å². The first-order chi connectivity index (χ1) is 13.4. The fourth-order valence-corrected chi connectivity index (χ4v) is 3.12. The third-order valence-electron chi connectivity index (χ3n) is 4.32. The molecule has 3 rings (SSSR count). The third-order valence-corrected chi connectivity index (χ3v) is 4.32. The number of benzene rings is 2. The molecule has 3 N–H and O–H groups in total. The number of piperazine rings is 1. The molecule has 1 aliphatic heterocycles. The molecule has 2 aromatic carbocycles. The number of hydrogen-bond acceptors (Lipinski definition) is 4. The van der Waals surface area contributed by atoms with E-state index in [1.165, 1.54) is 4.90 Å². The molecule has 0 saturated carbocycles. The second-order valence-electron chi connectivity index (χ2n) is 6.36. The van der Waals surface area contributed by atoms with Crippen LogP contribution < -0.4 is 5.32 Å². The minimum absolute atomic E-state index is 0.165. The van der Waals surface area contributed by atoms with Gasteiger partial charge in [-0.2, -0.15) is 0 Å². The summed E-state index contributed by atoms with van der Waals surface area (Å²) in [6, 6.07) is 18.2. The van der Waals surface area contributed by atoms with E-state index in [2.05, 4.69) is 5.32 Å². The van der Waals surface area contributed by atoms with Gasteiger partial charge in [-0.1, -0.05) is 60.7 Å². The van der Waals surface area contributed by atoms with E-state index in [1.54, 1.807) is 0 Å². The highest BCUT2D eigenvalue weighted by Gasteiger charge is 2.36. The van der Waals surface area contributed by atoms with Crippen LogP contribution in [0.3, 0.4) is 0 Å². The lowest BCUT2D eigenvalue weighted by Gasteiger charge is -2.36. The van der Waals surface area contributed by atoms with Crippen LogP contribution in [-0.2, 0) is 14.4 Å². The Morgan fingerprint density at radius 3 is 1.86 bits per heavy atom. The Labute approximate surface area is 163 Å². The van der Waals surface area contributed by atoms with Crippen molar-refractivity contribution in [2.24, 2.45) is 0 Å². The smallest absolute Gasteiger partial charge is 0.327 e. The van der Waals surface area contributed by atoms with Crippen LogP contribution in [0.5, 0.6) is 0 Å². The molecule has 28 heavy (non-hydrogen) atoms. The van der Waals surface area contributed by atoms with Crippen molar-refractivity contribution in [3.8, 4) is 0 Å². The summed E-state index contributed by atoms with van der Waals surface area (Å²) in [5.74, 6) is -2.47. The van der Waals surface area contributed by atoms with E-state index in [4.69, 9.17) is 9.90 Å². The quantitative estimate of drug-likeness (QED) is 0.742. The van der Waals surface area contributed by atoms with Gasteiger partial charge in [0.2, 0.25) is 5.91 Å². The standard InChI is InChI=1S/C19H20N2O3.C2H4O2/c22-18(21-12-11-20-13-16(21)19(23)24)17(14-7-3-1-4-8-14)15-9-5-2-6-10-15;1-2(3)4/h1-10,16-17,20H,11-13H2,(H,23,24);1H3,(H,3,4). The van der Waals surface area contributed by atoms with E-state index in [0.717, 1.165) is 18.1 Å². The van der Waals surface area contributed by atoms with Crippen molar-refractivity contribution in [1.29, 1.82) is 0 Å².